The zero-order valence-corrected chi connectivity index (χ0v) is 15.5. The van der Waals surface area contributed by atoms with Crippen molar-refractivity contribution in [1.29, 1.82) is 0 Å². The maximum atomic E-state index is 11.8. The fraction of sp³-hybridized carbons (Fsp3) is 0.286. The van der Waals surface area contributed by atoms with E-state index in [2.05, 4.69) is 15.6 Å². The maximum absolute atomic E-state index is 11.8. The third-order valence-corrected chi connectivity index (χ3v) is 3.67. The highest BCUT2D eigenvalue weighted by molar-refractivity contribution is 5.91. The largest absolute Gasteiger partial charge is 0.484 e. The van der Waals surface area contributed by atoms with E-state index in [9.17, 15) is 9.59 Å². The zero-order valence-electron chi connectivity index (χ0n) is 15.5. The number of hydrogen-bond donors (Lipinski definition) is 2. The van der Waals surface area contributed by atoms with E-state index >= 15 is 0 Å². The Morgan fingerprint density at radius 2 is 2.04 bits per heavy atom. The SMILES string of the molecule is CCCNC(=O)COc1cccc(CCNC(=O)/C=C/c2cccnc2)c1. The number of rotatable bonds is 10. The van der Waals surface area contributed by atoms with Crippen LogP contribution in [0.2, 0.25) is 0 Å². The molecule has 2 N–H and O–H groups in total. The van der Waals surface area contributed by atoms with Crippen molar-refractivity contribution < 1.29 is 14.3 Å². The van der Waals surface area contributed by atoms with Gasteiger partial charge in [0.05, 0.1) is 0 Å². The van der Waals surface area contributed by atoms with Gasteiger partial charge in [-0.1, -0.05) is 25.1 Å². The number of pyridine rings is 1. The second-order valence-electron chi connectivity index (χ2n) is 5.95. The van der Waals surface area contributed by atoms with E-state index in [-0.39, 0.29) is 18.4 Å². The van der Waals surface area contributed by atoms with Gasteiger partial charge in [0.15, 0.2) is 6.61 Å². The summed E-state index contributed by atoms with van der Waals surface area (Å²) >= 11 is 0. The number of amides is 2. The number of nitrogens with one attached hydrogen (secondary N) is 2. The predicted octanol–water partition coefficient (Wildman–Crippen LogP) is 2.36. The Morgan fingerprint density at radius 1 is 1.15 bits per heavy atom. The summed E-state index contributed by atoms with van der Waals surface area (Å²) in [7, 11) is 0. The van der Waals surface area contributed by atoms with Gasteiger partial charge in [-0.3, -0.25) is 14.6 Å². The van der Waals surface area contributed by atoms with Crippen LogP contribution in [0.25, 0.3) is 6.08 Å². The van der Waals surface area contributed by atoms with Gasteiger partial charge in [-0.05, 0) is 48.2 Å². The molecular weight excluding hydrogens is 342 g/mol. The molecule has 0 aliphatic carbocycles. The van der Waals surface area contributed by atoms with Crippen molar-refractivity contribution >= 4 is 17.9 Å². The van der Waals surface area contributed by atoms with Gasteiger partial charge in [-0.25, -0.2) is 0 Å². The summed E-state index contributed by atoms with van der Waals surface area (Å²) in [6, 6.07) is 11.2. The number of hydrogen-bond acceptors (Lipinski definition) is 4. The summed E-state index contributed by atoms with van der Waals surface area (Å²) in [6.45, 7) is 3.16. The normalized spacial score (nSPS) is 10.6. The third-order valence-electron chi connectivity index (χ3n) is 3.67. The van der Waals surface area contributed by atoms with Gasteiger partial charge in [0.25, 0.3) is 5.91 Å². The molecule has 2 aromatic rings. The summed E-state index contributed by atoms with van der Waals surface area (Å²) in [5.74, 6) is 0.357. The highest BCUT2D eigenvalue weighted by atomic mass is 16.5. The predicted molar refractivity (Wildman–Crippen MR) is 105 cm³/mol. The molecule has 2 rings (SSSR count). The molecule has 0 aliphatic rings. The molecule has 6 nitrogen and oxygen atoms in total. The van der Waals surface area contributed by atoms with Gasteiger partial charge < -0.3 is 15.4 Å². The Labute approximate surface area is 159 Å². The lowest BCUT2D eigenvalue weighted by atomic mass is 10.1. The van der Waals surface area contributed by atoms with Crippen molar-refractivity contribution in [3.63, 3.8) is 0 Å². The maximum Gasteiger partial charge on any atom is 0.257 e. The molecule has 0 aliphatic heterocycles. The van der Waals surface area contributed by atoms with Gasteiger partial charge in [0.1, 0.15) is 5.75 Å². The average Bonchev–Trinajstić information content (AvgIpc) is 2.70. The monoisotopic (exact) mass is 367 g/mol. The van der Waals surface area contributed by atoms with Crippen LogP contribution in [-0.4, -0.2) is 36.5 Å². The molecule has 0 radical (unpaired) electrons. The summed E-state index contributed by atoms with van der Waals surface area (Å²) in [6.07, 6.45) is 8.16. The lowest BCUT2D eigenvalue weighted by Crippen LogP contribution is -2.29. The second kappa shape index (κ2) is 11.5. The van der Waals surface area contributed by atoms with Crippen molar-refractivity contribution in [2.45, 2.75) is 19.8 Å². The molecule has 1 aromatic heterocycles. The van der Waals surface area contributed by atoms with Gasteiger partial charge in [0, 0.05) is 31.6 Å². The van der Waals surface area contributed by atoms with Crippen LogP contribution in [-0.2, 0) is 16.0 Å². The first-order valence-electron chi connectivity index (χ1n) is 9.01. The van der Waals surface area contributed by atoms with Gasteiger partial charge >= 0.3 is 0 Å². The quantitative estimate of drug-likeness (QED) is 0.632. The Hall–Kier alpha value is -3.15. The summed E-state index contributed by atoms with van der Waals surface area (Å²) in [5.41, 5.74) is 1.90. The van der Waals surface area contributed by atoms with Crippen LogP contribution in [0.3, 0.4) is 0 Å². The van der Waals surface area contributed by atoms with Gasteiger partial charge in [-0.2, -0.15) is 0 Å². The second-order valence-corrected chi connectivity index (χ2v) is 5.95. The van der Waals surface area contributed by atoms with Crippen molar-refractivity contribution in [3.05, 3.63) is 66.0 Å². The molecule has 0 saturated heterocycles. The van der Waals surface area contributed by atoms with E-state index in [4.69, 9.17) is 4.74 Å². The van der Waals surface area contributed by atoms with Crippen LogP contribution in [0.5, 0.6) is 5.75 Å². The first-order valence-corrected chi connectivity index (χ1v) is 9.01. The molecule has 0 fully saturated rings. The molecule has 1 heterocycles. The van der Waals surface area contributed by atoms with E-state index in [1.807, 2.05) is 43.3 Å². The molecule has 6 heteroatoms. The Morgan fingerprint density at radius 3 is 2.81 bits per heavy atom. The van der Waals surface area contributed by atoms with E-state index in [0.29, 0.717) is 25.3 Å². The number of benzene rings is 1. The number of carbonyl (C=O) groups excluding carboxylic acids is 2. The van der Waals surface area contributed by atoms with Crippen LogP contribution in [0.4, 0.5) is 0 Å². The highest BCUT2D eigenvalue weighted by Gasteiger charge is 2.03. The van der Waals surface area contributed by atoms with Gasteiger partial charge in [0.2, 0.25) is 5.91 Å². The topological polar surface area (TPSA) is 80.3 Å². The molecule has 0 saturated carbocycles. The van der Waals surface area contributed by atoms with Crippen LogP contribution in [0, 0.1) is 0 Å². The van der Waals surface area contributed by atoms with Crippen molar-refractivity contribution in [3.8, 4) is 5.75 Å². The Balaban J connectivity index is 1.73. The molecule has 142 valence electrons. The number of carbonyl (C=O) groups is 2. The molecule has 27 heavy (non-hydrogen) atoms. The number of ether oxygens (including phenoxy) is 1. The number of nitrogens with zero attached hydrogens (tertiary/aromatic N) is 1. The van der Waals surface area contributed by atoms with Crippen LogP contribution in [0.15, 0.2) is 54.9 Å². The lowest BCUT2D eigenvalue weighted by Gasteiger charge is -2.08. The fourth-order valence-electron chi connectivity index (χ4n) is 2.29. The summed E-state index contributed by atoms with van der Waals surface area (Å²) in [5, 5.41) is 5.61. The van der Waals surface area contributed by atoms with Crippen LogP contribution in [0.1, 0.15) is 24.5 Å². The minimum absolute atomic E-state index is 0.000668. The first-order chi connectivity index (χ1) is 13.2. The molecule has 0 bridgehead atoms. The van der Waals surface area contributed by atoms with Crippen LogP contribution < -0.4 is 15.4 Å². The van der Waals surface area contributed by atoms with Gasteiger partial charge in [-0.15, -0.1) is 0 Å². The molecule has 0 spiro atoms. The minimum atomic E-state index is -0.154. The lowest BCUT2D eigenvalue weighted by molar-refractivity contribution is -0.123. The molecule has 2 amide bonds. The number of aromatic nitrogens is 1. The van der Waals surface area contributed by atoms with Crippen molar-refractivity contribution in [2.24, 2.45) is 0 Å². The van der Waals surface area contributed by atoms with E-state index in [1.54, 1.807) is 18.5 Å². The van der Waals surface area contributed by atoms with Crippen LogP contribution >= 0.6 is 0 Å². The summed E-state index contributed by atoms with van der Waals surface area (Å²) < 4.78 is 5.50. The van der Waals surface area contributed by atoms with Crippen molar-refractivity contribution in [1.82, 2.24) is 15.6 Å². The molecule has 0 atom stereocenters. The molecular formula is C21H25N3O3. The Bertz CT molecular complexity index is 760. The first kappa shape index (κ1) is 20.2. The smallest absolute Gasteiger partial charge is 0.257 e. The van der Waals surface area contributed by atoms with E-state index in [1.165, 1.54) is 6.08 Å². The third kappa shape index (κ3) is 8.18. The highest BCUT2D eigenvalue weighted by Crippen LogP contribution is 2.13. The van der Waals surface area contributed by atoms with Crippen molar-refractivity contribution in [2.75, 3.05) is 19.7 Å². The summed E-state index contributed by atoms with van der Waals surface area (Å²) in [4.78, 5) is 27.4. The zero-order chi connectivity index (χ0) is 19.3. The van der Waals surface area contributed by atoms with E-state index in [0.717, 1.165) is 17.5 Å². The molecule has 0 unspecified atom stereocenters. The standard InChI is InChI=1S/C21H25N3O3/c1-2-11-23-21(26)16-27-19-7-3-5-17(14-19)10-13-24-20(25)9-8-18-6-4-12-22-15-18/h3-9,12,14-15H,2,10-11,13,16H2,1H3,(H,23,26)(H,24,25)/b9-8+. The fourth-order valence-corrected chi connectivity index (χ4v) is 2.29. The Kier molecular flexibility index (Phi) is 8.56. The minimum Gasteiger partial charge on any atom is -0.484 e. The van der Waals surface area contributed by atoms with E-state index < -0.39 is 0 Å². The molecule has 1 aromatic carbocycles. The average molecular weight is 367 g/mol.